The average molecular weight is 232 g/mol. The summed E-state index contributed by atoms with van der Waals surface area (Å²) in [4.78, 5) is 15.1. The lowest BCUT2D eigenvalue weighted by molar-refractivity contribution is -0.108. The van der Waals surface area contributed by atoms with Gasteiger partial charge in [-0.25, -0.2) is 0 Å². The minimum absolute atomic E-state index is 0.323. The highest BCUT2D eigenvalue weighted by atomic mass is 35.5. The minimum atomic E-state index is -0.323. The molecule has 2 aromatic rings. The number of aldehydes is 1. The number of carbonyl (C=O) groups is 1. The topological polar surface area (TPSA) is 30.0 Å². The van der Waals surface area contributed by atoms with Crippen molar-refractivity contribution in [3.05, 3.63) is 64.9 Å². The zero-order chi connectivity index (χ0) is 11.4. The molecule has 0 saturated heterocycles. The molecule has 3 heteroatoms. The van der Waals surface area contributed by atoms with E-state index in [9.17, 15) is 4.79 Å². The largest absolute Gasteiger partial charge is 0.302 e. The SMILES string of the molecule is O=CC(c1ccncc1)c1ccccc1Cl. The summed E-state index contributed by atoms with van der Waals surface area (Å²) in [5.74, 6) is -0.323. The molecule has 1 aromatic heterocycles. The van der Waals surface area contributed by atoms with E-state index >= 15 is 0 Å². The van der Waals surface area contributed by atoms with E-state index in [1.54, 1.807) is 18.5 Å². The van der Waals surface area contributed by atoms with Crippen LogP contribution < -0.4 is 0 Å². The second-order valence-corrected chi connectivity index (χ2v) is 3.82. The van der Waals surface area contributed by atoms with Crippen LogP contribution in [0.25, 0.3) is 0 Å². The fraction of sp³-hybridized carbons (Fsp3) is 0.0769. The van der Waals surface area contributed by atoms with Crippen molar-refractivity contribution >= 4 is 17.9 Å². The number of hydrogen-bond acceptors (Lipinski definition) is 2. The van der Waals surface area contributed by atoms with Crippen molar-refractivity contribution in [2.24, 2.45) is 0 Å². The Morgan fingerprint density at radius 1 is 1.12 bits per heavy atom. The summed E-state index contributed by atoms with van der Waals surface area (Å²) in [5.41, 5.74) is 1.73. The summed E-state index contributed by atoms with van der Waals surface area (Å²) in [6.45, 7) is 0. The number of rotatable bonds is 3. The maximum atomic E-state index is 11.2. The lowest BCUT2D eigenvalue weighted by atomic mass is 9.93. The Bertz CT molecular complexity index is 484. The van der Waals surface area contributed by atoms with Crippen LogP contribution >= 0.6 is 11.6 Å². The third kappa shape index (κ3) is 2.12. The zero-order valence-corrected chi connectivity index (χ0v) is 9.26. The molecule has 0 bridgehead atoms. The van der Waals surface area contributed by atoms with Gasteiger partial charge in [0.1, 0.15) is 6.29 Å². The average Bonchev–Trinajstić information content (AvgIpc) is 2.34. The van der Waals surface area contributed by atoms with Crippen LogP contribution in [0.4, 0.5) is 0 Å². The first-order chi connectivity index (χ1) is 7.83. The van der Waals surface area contributed by atoms with Gasteiger partial charge in [-0.05, 0) is 29.3 Å². The van der Waals surface area contributed by atoms with Gasteiger partial charge in [-0.1, -0.05) is 29.8 Å². The van der Waals surface area contributed by atoms with Gasteiger partial charge in [-0.15, -0.1) is 0 Å². The van der Waals surface area contributed by atoms with Crippen molar-refractivity contribution in [1.82, 2.24) is 4.98 Å². The van der Waals surface area contributed by atoms with Crippen molar-refractivity contribution in [2.75, 3.05) is 0 Å². The molecule has 0 radical (unpaired) electrons. The quantitative estimate of drug-likeness (QED) is 0.760. The summed E-state index contributed by atoms with van der Waals surface area (Å²) in [6.07, 6.45) is 4.24. The van der Waals surface area contributed by atoms with Gasteiger partial charge in [-0.2, -0.15) is 0 Å². The molecule has 1 atom stereocenters. The molecule has 80 valence electrons. The predicted molar refractivity (Wildman–Crippen MR) is 63.6 cm³/mol. The normalized spacial score (nSPS) is 12.1. The molecule has 1 unspecified atom stereocenters. The van der Waals surface area contributed by atoms with Crippen molar-refractivity contribution in [3.8, 4) is 0 Å². The van der Waals surface area contributed by atoms with E-state index in [2.05, 4.69) is 4.98 Å². The fourth-order valence-corrected chi connectivity index (χ4v) is 1.88. The van der Waals surface area contributed by atoms with Crippen molar-refractivity contribution in [3.63, 3.8) is 0 Å². The van der Waals surface area contributed by atoms with Crippen LogP contribution in [-0.2, 0) is 4.79 Å². The molecule has 1 aromatic carbocycles. The van der Waals surface area contributed by atoms with E-state index in [0.717, 1.165) is 17.4 Å². The third-order valence-corrected chi connectivity index (χ3v) is 2.79. The van der Waals surface area contributed by atoms with Crippen LogP contribution in [-0.4, -0.2) is 11.3 Å². The first-order valence-electron chi connectivity index (χ1n) is 4.92. The number of halogens is 1. The second kappa shape index (κ2) is 4.90. The van der Waals surface area contributed by atoms with Gasteiger partial charge in [0, 0.05) is 17.4 Å². The number of carbonyl (C=O) groups excluding carboxylic acids is 1. The van der Waals surface area contributed by atoms with E-state index in [0.29, 0.717) is 5.02 Å². The number of nitrogens with zero attached hydrogens (tertiary/aromatic N) is 1. The number of aromatic nitrogens is 1. The van der Waals surface area contributed by atoms with E-state index in [1.807, 2.05) is 30.3 Å². The molecule has 0 spiro atoms. The van der Waals surface area contributed by atoms with Gasteiger partial charge in [0.05, 0.1) is 5.92 Å². The lowest BCUT2D eigenvalue weighted by Crippen LogP contribution is -2.03. The zero-order valence-electron chi connectivity index (χ0n) is 8.51. The van der Waals surface area contributed by atoms with E-state index in [4.69, 9.17) is 11.6 Å². The highest BCUT2D eigenvalue weighted by Gasteiger charge is 2.15. The molecule has 0 saturated carbocycles. The summed E-state index contributed by atoms with van der Waals surface area (Å²) in [5, 5.41) is 0.608. The first kappa shape index (κ1) is 10.8. The molecule has 0 fully saturated rings. The monoisotopic (exact) mass is 231 g/mol. The maximum Gasteiger partial charge on any atom is 0.131 e. The highest BCUT2D eigenvalue weighted by molar-refractivity contribution is 6.31. The van der Waals surface area contributed by atoms with Gasteiger partial charge >= 0.3 is 0 Å². The molecule has 0 aliphatic rings. The Morgan fingerprint density at radius 3 is 2.44 bits per heavy atom. The maximum absolute atomic E-state index is 11.2. The predicted octanol–water partition coefficient (Wildman–Crippen LogP) is 3.07. The van der Waals surface area contributed by atoms with Crippen LogP contribution in [0.15, 0.2) is 48.8 Å². The summed E-state index contributed by atoms with van der Waals surface area (Å²) in [7, 11) is 0. The highest BCUT2D eigenvalue weighted by Crippen LogP contribution is 2.28. The Labute approximate surface area is 98.9 Å². The molecular weight excluding hydrogens is 222 g/mol. The fourth-order valence-electron chi connectivity index (χ4n) is 1.63. The number of hydrogen-bond donors (Lipinski definition) is 0. The van der Waals surface area contributed by atoms with Gasteiger partial charge in [-0.3, -0.25) is 4.98 Å². The molecule has 0 amide bonds. The van der Waals surface area contributed by atoms with Crippen LogP contribution in [0, 0.1) is 0 Å². The second-order valence-electron chi connectivity index (χ2n) is 3.42. The van der Waals surface area contributed by atoms with Gasteiger partial charge in [0.15, 0.2) is 0 Å². The van der Waals surface area contributed by atoms with Gasteiger partial charge in [0.2, 0.25) is 0 Å². The molecule has 0 aliphatic carbocycles. The van der Waals surface area contributed by atoms with Crippen LogP contribution in [0.2, 0.25) is 5.02 Å². The Morgan fingerprint density at radius 2 is 1.81 bits per heavy atom. The van der Waals surface area contributed by atoms with Gasteiger partial charge < -0.3 is 4.79 Å². The molecular formula is C13H10ClNO. The smallest absolute Gasteiger partial charge is 0.131 e. The van der Waals surface area contributed by atoms with Crippen molar-refractivity contribution in [1.29, 1.82) is 0 Å². The summed E-state index contributed by atoms with van der Waals surface area (Å²) < 4.78 is 0. The minimum Gasteiger partial charge on any atom is -0.302 e. The Hall–Kier alpha value is -1.67. The molecule has 2 nitrogen and oxygen atoms in total. The van der Waals surface area contributed by atoms with E-state index in [-0.39, 0.29) is 5.92 Å². The van der Waals surface area contributed by atoms with Crippen molar-refractivity contribution < 1.29 is 4.79 Å². The van der Waals surface area contributed by atoms with Crippen molar-refractivity contribution in [2.45, 2.75) is 5.92 Å². The summed E-state index contributed by atoms with van der Waals surface area (Å²) in [6, 6.07) is 11.0. The Balaban J connectivity index is 2.45. The van der Waals surface area contributed by atoms with E-state index < -0.39 is 0 Å². The Kier molecular flexibility index (Phi) is 3.32. The van der Waals surface area contributed by atoms with Gasteiger partial charge in [0.25, 0.3) is 0 Å². The van der Waals surface area contributed by atoms with E-state index in [1.165, 1.54) is 0 Å². The number of pyridine rings is 1. The lowest BCUT2D eigenvalue weighted by Gasteiger charge is -2.12. The first-order valence-corrected chi connectivity index (χ1v) is 5.30. The molecule has 0 aliphatic heterocycles. The standard InChI is InChI=1S/C13H10ClNO/c14-13-4-2-1-3-11(13)12(9-16)10-5-7-15-8-6-10/h1-9,12H. The molecule has 0 N–H and O–H groups in total. The number of benzene rings is 1. The molecule has 2 rings (SSSR count). The third-order valence-electron chi connectivity index (χ3n) is 2.44. The van der Waals surface area contributed by atoms with Crippen LogP contribution in [0.1, 0.15) is 17.0 Å². The van der Waals surface area contributed by atoms with Crippen LogP contribution in [0.5, 0.6) is 0 Å². The molecule has 16 heavy (non-hydrogen) atoms. The summed E-state index contributed by atoms with van der Waals surface area (Å²) >= 11 is 6.07. The van der Waals surface area contributed by atoms with Crippen LogP contribution in [0.3, 0.4) is 0 Å². The molecule has 1 heterocycles.